The van der Waals surface area contributed by atoms with Gasteiger partial charge in [0.15, 0.2) is 17.8 Å². The molecule has 0 saturated carbocycles. The van der Waals surface area contributed by atoms with E-state index >= 15 is 0 Å². The molecule has 0 aliphatic rings. The predicted octanol–water partition coefficient (Wildman–Crippen LogP) is 3.57. The summed E-state index contributed by atoms with van der Waals surface area (Å²) in [4.78, 5) is 11.0. The lowest BCUT2D eigenvalue weighted by Gasteiger charge is -2.07. The number of aromatic nitrogens is 2. The van der Waals surface area contributed by atoms with Crippen molar-refractivity contribution in [1.29, 1.82) is 0 Å². The highest BCUT2D eigenvalue weighted by Crippen LogP contribution is 2.31. The summed E-state index contributed by atoms with van der Waals surface area (Å²) in [6.45, 7) is 0. The summed E-state index contributed by atoms with van der Waals surface area (Å²) in [5.41, 5.74) is 2.95. The first-order valence-corrected chi connectivity index (χ1v) is 7.35. The van der Waals surface area contributed by atoms with E-state index in [1.807, 2.05) is 48.7 Å². The van der Waals surface area contributed by atoms with Crippen LogP contribution in [0.1, 0.15) is 21.5 Å². The van der Waals surface area contributed by atoms with E-state index in [1.54, 1.807) is 23.0 Å². The molecule has 0 fully saturated rings. The van der Waals surface area contributed by atoms with Gasteiger partial charge in [0.05, 0.1) is 18.4 Å². The van der Waals surface area contributed by atoms with Crippen LogP contribution in [0.4, 0.5) is 0 Å². The minimum Gasteiger partial charge on any atom is -0.504 e. The van der Waals surface area contributed by atoms with Gasteiger partial charge < -0.3 is 9.84 Å². The normalized spacial score (nSPS) is 10.9. The number of phenols is 1. The van der Waals surface area contributed by atoms with Gasteiger partial charge in [-0.2, -0.15) is 5.10 Å². The molecule has 0 aliphatic heterocycles. The Labute approximate surface area is 139 Å². The van der Waals surface area contributed by atoms with Gasteiger partial charge in [-0.25, -0.2) is 4.68 Å². The molecule has 0 saturated heterocycles. The largest absolute Gasteiger partial charge is 0.504 e. The summed E-state index contributed by atoms with van der Waals surface area (Å²) in [5, 5.41) is 14.0. The zero-order chi connectivity index (χ0) is 16.9. The number of methoxy groups -OCH3 is 1. The monoisotopic (exact) mass is 320 g/mol. The number of hydrogen-bond donors (Lipinski definition) is 1. The SMILES string of the molecule is COc1cc(/C=C/c2ccc(-n3cccn3)cc2)cc(C=O)c1O. The topological polar surface area (TPSA) is 64.4 Å². The average Bonchev–Trinajstić information content (AvgIpc) is 3.16. The predicted molar refractivity (Wildman–Crippen MR) is 92.5 cm³/mol. The van der Waals surface area contributed by atoms with E-state index in [4.69, 9.17) is 4.74 Å². The van der Waals surface area contributed by atoms with Gasteiger partial charge in [-0.05, 0) is 41.5 Å². The quantitative estimate of drug-likeness (QED) is 0.576. The molecule has 1 aromatic heterocycles. The first-order valence-electron chi connectivity index (χ1n) is 7.35. The molecule has 1 N–H and O–H groups in total. The Hall–Kier alpha value is -3.34. The van der Waals surface area contributed by atoms with Gasteiger partial charge in [-0.3, -0.25) is 4.79 Å². The molecular formula is C19H16N2O3. The van der Waals surface area contributed by atoms with Crippen molar-refractivity contribution in [1.82, 2.24) is 9.78 Å². The fourth-order valence-electron chi connectivity index (χ4n) is 2.35. The number of aldehydes is 1. The third-order valence-electron chi connectivity index (χ3n) is 3.60. The molecule has 5 heteroatoms. The number of rotatable bonds is 5. The van der Waals surface area contributed by atoms with Crippen LogP contribution in [0, 0.1) is 0 Å². The summed E-state index contributed by atoms with van der Waals surface area (Å²) in [7, 11) is 1.45. The van der Waals surface area contributed by atoms with Gasteiger partial charge in [-0.15, -0.1) is 0 Å². The fourth-order valence-corrected chi connectivity index (χ4v) is 2.35. The number of nitrogens with zero attached hydrogens (tertiary/aromatic N) is 2. The number of aromatic hydroxyl groups is 1. The first-order chi connectivity index (χ1) is 11.7. The van der Waals surface area contributed by atoms with Gasteiger partial charge in [0.2, 0.25) is 0 Å². The van der Waals surface area contributed by atoms with Crippen molar-refractivity contribution >= 4 is 18.4 Å². The lowest BCUT2D eigenvalue weighted by Crippen LogP contribution is -1.93. The van der Waals surface area contributed by atoms with Gasteiger partial charge >= 0.3 is 0 Å². The zero-order valence-electron chi connectivity index (χ0n) is 13.1. The second-order valence-corrected chi connectivity index (χ2v) is 5.15. The maximum absolute atomic E-state index is 11.0. The summed E-state index contributed by atoms with van der Waals surface area (Å²) in [6.07, 6.45) is 8.00. The van der Waals surface area contributed by atoms with Crippen molar-refractivity contribution in [2.24, 2.45) is 0 Å². The lowest BCUT2D eigenvalue weighted by atomic mass is 10.1. The van der Waals surface area contributed by atoms with E-state index < -0.39 is 0 Å². The molecule has 2 aromatic carbocycles. The lowest BCUT2D eigenvalue weighted by molar-refractivity contribution is 0.112. The van der Waals surface area contributed by atoms with Crippen LogP contribution in [0.3, 0.4) is 0 Å². The maximum Gasteiger partial charge on any atom is 0.168 e. The van der Waals surface area contributed by atoms with E-state index in [2.05, 4.69) is 5.10 Å². The van der Waals surface area contributed by atoms with Crippen LogP contribution in [0.25, 0.3) is 17.8 Å². The number of ether oxygens (including phenoxy) is 1. The van der Waals surface area contributed by atoms with Gasteiger partial charge in [0, 0.05) is 12.4 Å². The highest BCUT2D eigenvalue weighted by Gasteiger charge is 2.08. The van der Waals surface area contributed by atoms with Crippen LogP contribution in [-0.4, -0.2) is 28.3 Å². The molecule has 3 rings (SSSR count). The highest BCUT2D eigenvalue weighted by atomic mass is 16.5. The Kier molecular flexibility index (Phi) is 4.43. The summed E-state index contributed by atoms with van der Waals surface area (Å²) < 4.78 is 6.87. The van der Waals surface area contributed by atoms with Crippen LogP contribution in [0.15, 0.2) is 54.9 Å². The number of carbonyl (C=O) groups is 1. The van der Waals surface area contributed by atoms with Crippen LogP contribution in [0.5, 0.6) is 11.5 Å². The number of benzene rings is 2. The number of carbonyl (C=O) groups excluding carboxylic acids is 1. The number of hydrogen-bond acceptors (Lipinski definition) is 4. The van der Waals surface area contributed by atoms with Gasteiger partial charge in [-0.1, -0.05) is 24.3 Å². The van der Waals surface area contributed by atoms with Crippen LogP contribution in [-0.2, 0) is 0 Å². The zero-order valence-corrected chi connectivity index (χ0v) is 13.1. The van der Waals surface area contributed by atoms with E-state index in [0.717, 1.165) is 16.8 Å². The van der Waals surface area contributed by atoms with Crippen LogP contribution in [0.2, 0.25) is 0 Å². The summed E-state index contributed by atoms with van der Waals surface area (Å²) in [5.74, 6) is 0.126. The molecule has 0 amide bonds. The molecule has 0 unspecified atom stereocenters. The van der Waals surface area contributed by atoms with Gasteiger partial charge in [0.1, 0.15) is 0 Å². The van der Waals surface area contributed by atoms with E-state index in [0.29, 0.717) is 6.29 Å². The maximum atomic E-state index is 11.0. The minimum atomic E-state index is -0.145. The number of phenolic OH excluding ortho intramolecular Hbond substituents is 1. The molecule has 0 aliphatic carbocycles. The smallest absolute Gasteiger partial charge is 0.168 e. The van der Waals surface area contributed by atoms with Crippen molar-refractivity contribution in [3.8, 4) is 17.2 Å². The van der Waals surface area contributed by atoms with E-state index in [-0.39, 0.29) is 17.1 Å². The molecule has 24 heavy (non-hydrogen) atoms. The standard InChI is InChI=1S/C19H16N2O3/c1-24-18-12-15(11-16(13-22)19(18)23)4-3-14-5-7-17(8-6-14)21-10-2-9-20-21/h2-13,23H,1H3/b4-3+. The highest BCUT2D eigenvalue weighted by molar-refractivity contribution is 5.84. The first kappa shape index (κ1) is 15.6. The Morgan fingerprint density at radius 2 is 1.88 bits per heavy atom. The Bertz CT molecular complexity index is 866. The third kappa shape index (κ3) is 3.20. The van der Waals surface area contributed by atoms with Crippen LogP contribution < -0.4 is 4.74 Å². The molecule has 0 atom stereocenters. The minimum absolute atomic E-state index is 0.145. The fraction of sp³-hybridized carbons (Fsp3) is 0.0526. The molecule has 3 aromatic rings. The molecule has 5 nitrogen and oxygen atoms in total. The molecule has 0 bridgehead atoms. The Morgan fingerprint density at radius 3 is 2.50 bits per heavy atom. The second-order valence-electron chi connectivity index (χ2n) is 5.15. The van der Waals surface area contributed by atoms with Gasteiger partial charge in [0.25, 0.3) is 0 Å². The van der Waals surface area contributed by atoms with Crippen molar-refractivity contribution in [3.63, 3.8) is 0 Å². The third-order valence-corrected chi connectivity index (χ3v) is 3.60. The van der Waals surface area contributed by atoms with Crippen molar-refractivity contribution in [2.75, 3.05) is 7.11 Å². The average molecular weight is 320 g/mol. The summed E-state index contributed by atoms with van der Waals surface area (Å²) >= 11 is 0. The molecule has 1 heterocycles. The Balaban J connectivity index is 1.84. The van der Waals surface area contributed by atoms with Crippen molar-refractivity contribution < 1.29 is 14.6 Å². The molecule has 120 valence electrons. The second kappa shape index (κ2) is 6.83. The molecular weight excluding hydrogens is 304 g/mol. The van der Waals surface area contributed by atoms with Crippen molar-refractivity contribution in [2.45, 2.75) is 0 Å². The summed E-state index contributed by atoms with van der Waals surface area (Å²) in [6, 6.07) is 13.1. The van der Waals surface area contributed by atoms with Crippen molar-refractivity contribution in [3.05, 3.63) is 71.5 Å². The molecule has 0 spiro atoms. The molecule has 0 radical (unpaired) electrons. The van der Waals surface area contributed by atoms with Crippen LogP contribution >= 0.6 is 0 Å². The Morgan fingerprint density at radius 1 is 1.12 bits per heavy atom. The van der Waals surface area contributed by atoms with E-state index in [9.17, 15) is 9.90 Å². The van der Waals surface area contributed by atoms with E-state index in [1.165, 1.54) is 7.11 Å².